The van der Waals surface area contributed by atoms with Gasteiger partial charge in [0.1, 0.15) is 0 Å². The van der Waals surface area contributed by atoms with E-state index in [9.17, 15) is 0 Å². The molecule has 0 saturated heterocycles. The van der Waals surface area contributed by atoms with Crippen molar-refractivity contribution in [2.24, 2.45) is 0 Å². The van der Waals surface area contributed by atoms with Gasteiger partial charge in [-0.15, -0.1) is 0 Å². The van der Waals surface area contributed by atoms with Crippen molar-refractivity contribution in [3.63, 3.8) is 0 Å². The van der Waals surface area contributed by atoms with Crippen molar-refractivity contribution in [3.8, 4) is 33.4 Å². The maximum atomic E-state index is 2.51. The van der Waals surface area contributed by atoms with E-state index in [2.05, 4.69) is 206 Å². The van der Waals surface area contributed by atoms with Gasteiger partial charge in [-0.05, 0) is 134 Å². The fraction of sp³-hybridized carbons (Fsp3) is 0.0182. The molecule has 0 amide bonds. The normalized spacial score (nSPS) is 13.2. The van der Waals surface area contributed by atoms with E-state index in [1.165, 1.54) is 109 Å². The van der Waals surface area contributed by atoms with Gasteiger partial charge < -0.3 is 0 Å². The van der Waals surface area contributed by atoms with Crippen LogP contribution in [0, 0.1) is 0 Å². The Morgan fingerprint density at radius 3 is 1.31 bits per heavy atom. The van der Waals surface area contributed by atoms with Crippen LogP contribution in [0.1, 0.15) is 22.3 Å². The Labute approximate surface area is 319 Å². The molecule has 11 aromatic carbocycles. The van der Waals surface area contributed by atoms with E-state index in [-0.39, 0.29) is 0 Å². The number of hydrogen-bond acceptors (Lipinski definition) is 0. The Morgan fingerprint density at radius 1 is 0.255 bits per heavy atom. The Hall–Kier alpha value is -7.02. The first-order chi connectivity index (χ1) is 27.3. The fourth-order valence-corrected chi connectivity index (χ4v) is 10.0. The molecular formula is C55H34. The SMILES string of the molecule is c1ccc(C2(c3ccccc3)c3cc(-c4ccc5ccc6c(-c7ccc8ccccc8c7)ccc7ccc4c5c76)ccc3-c3cc4ccccc4cc32)cc1. The molecule has 0 spiro atoms. The van der Waals surface area contributed by atoms with Crippen LogP contribution < -0.4 is 0 Å². The predicted octanol–water partition coefficient (Wildman–Crippen LogP) is 14.6. The molecule has 0 fully saturated rings. The molecule has 55 heavy (non-hydrogen) atoms. The van der Waals surface area contributed by atoms with E-state index in [0.717, 1.165) is 0 Å². The number of rotatable bonds is 4. The summed E-state index contributed by atoms with van der Waals surface area (Å²) in [4.78, 5) is 0. The summed E-state index contributed by atoms with van der Waals surface area (Å²) in [5.41, 5.74) is 12.4. The summed E-state index contributed by atoms with van der Waals surface area (Å²) in [5.74, 6) is 0. The van der Waals surface area contributed by atoms with Crippen molar-refractivity contribution in [1.29, 1.82) is 0 Å². The van der Waals surface area contributed by atoms with Crippen molar-refractivity contribution in [2.45, 2.75) is 5.41 Å². The molecule has 0 unspecified atom stereocenters. The van der Waals surface area contributed by atoms with E-state index in [1.807, 2.05) is 0 Å². The van der Waals surface area contributed by atoms with Gasteiger partial charge in [-0.3, -0.25) is 0 Å². The van der Waals surface area contributed by atoms with Gasteiger partial charge >= 0.3 is 0 Å². The molecule has 0 saturated carbocycles. The average molecular weight is 695 g/mol. The predicted molar refractivity (Wildman–Crippen MR) is 233 cm³/mol. The zero-order valence-electron chi connectivity index (χ0n) is 30.1. The van der Waals surface area contributed by atoms with Crippen molar-refractivity contribution >= 4 is 53.9 Å². The Morgan fingerprint density at radius 2 is 0.691 bits per heavy atom. The second-order valence-corrected chi connectivity index (χ2v) is 15.2. The standard InChI is InChI=1S/C55H34/c1-3-15-43(16-4-1)55(44-17-5-2-6-18-44)51-34-42(25-28-47(51)50-32-39-13-9-10-14-40(39)33-52(50)55)46-27-22-37-23-29-48-45(26-21-36-24-30-49(46)54(37)53(36)48)41-20-19-35-11-7-8-12-38(35)31-41/h1-34H. The summed E-state index contributed by atoms with van der Waals surface area (Å²) in [6, 6.07) is 77.3. The number of benzene rings is 11. The largest absolute Gasteiger partial charge is 0.0714 e. The second-order valence-electron chi connectivity index (χ2n) is 15.2. The minimum atomic E-state index is -0.480. The molecule has 0 nitrogen and oxygen atoms in total. The Bertz CT molecular complexity index is 3260. The van der Waals surface area contributed by atoms with Crippen molar-refractivity contribution in [3.05, 3.63) is 229 Å². The molecule has 0 heterocycles. The van der Waals surface area contributed by atoms with Crippen LogP contribution in [0.4, 0.5) is 0 Å². The quantitative estimate of drug-likeness (QED) is 0.161. The molecule has 1 aliphatic carbocycles. The highest BCUT2D eigenvalue weighted by Crippen LogP contribution is 2.58. The van der Waals surface area contributed by atoms with Gasteiger partial charge in [0.15, 0.2) is 0 Å². The third-order valence-electron chi connectivity index (χ3n) is 12.5. The molecule has 11 aromatic rings. The highest BCUT2D eigenvalue weighted by molar-refractivity contribution is 6.27. The summed E-state index contributed by atoms with van der Waals surface area (Å²) in [5, 5.41) is 12.9. The lowest BCUT2D eigenvalue weighted by Crippen LogP contribution is -2.28. The summed E-state index contributed by atoms with van der Waals surface area (Å²) in [7, 11) is 0. The first kappa shape index (κ1) is 30.4. The van der Waals surface area contributed by atoms with Gasteiger partial charge in [0.25, 0.3) is 0 Å². The van der Waals surface area contributed by atoms with E-state index < -0.39 is 5.41 Å². The van der Waals surface area contributed by atoms with Crippen LogP contribution in [0.2, 0.25) is 0 Å². The van der Waals surface area contributed by atoms with Gasteiger partial charge in [0.2, 0.25) is 0 Å². The molecule has 12 rings (SSSR count). The summed E-state index contributed by atoms with van der Waals surface area (Å²) >= 11 is 0. The number of fused-ring (bicyclic) bond motifs is 5. The molecule has 1 aliphatic rings. The molecule has 0 heteroatoms. The van der Waals surface area contributed by atoms with Crippen LogP contribution in [0.25, 0.3) is 87.2 Å². The molecule has 254 valence electrons. The Balaban J connectivity index is 1.12. The first-order valence-electron chi connectivity index (χ1n) is 19.2. The number of hydrogen-bond donors (Lipinski definition) is 0. The fourth-order valence-electron chi connectivity index (χ4n) is 10.0. The lowest BCUT2D eigenvalue weighted by molar-refractivity contribution is 0.770. The van der Waals surface area contributed by atoms with Crippen LogP contribution in [-0.4, -0.2) is 0 Å². The molecule has 0 radical (unpaired) electrons. The van der Waals surface area contributed by atoms with E-state index in [4.69, 9.17) is 0 Å². The van der Waals surface area contributed by atoms with Crippen LogP contribution in [0.15, 0.2) is 206 Å². The van der Waals surface area contributed by atoms with E-state index in [0.29, 0.717) is 0 Å². The molecule has 0 aromatic heterocycles. The zero-order valence-corrected chi connectivity index (χ0v) is 30.1. The summed E-state index contributed by atoms with van der Waals surface area (Å²) in [6.45, 7) is 0. The zero-order chi connectivity index (χ0) is 36.1. The lowest BCUT2D eigenvalue weighted by atomic mass is 9.67. The molecule has 0 atom stereocenters. The lowest BCUT2D eigenvalue weighted by Gasteiger charge is -2.34. The van der Waals surface area contributed by atoms with Gasteiger partial charge in [0, 0.05) is 0 Å². The second kappa shape index (κ2) is 11.5. The topological polar surface area (TPSA) is 0 Å². The van der Waals surface area contributed by atoms with Gasteiger partial charge in [-0.1, -0.05) is 182 Å². The van der Waals surface area contributed by atoms with Crippen molar-refractivity contribution in [2.75, 3.05) is 0 Å². The summed E-state index contributed by atoms with van der Waals surface area (Å²) < 4.78 is 0. The third-order valence-corrected chi connectivity index (χ3v) is 12.5. The maximum absolute atomic E-state index is 2.51. The van der Waals surface area contributed by atoms with Crippen molar-refractivity contribution < 1.29 is 0 Å². The molecular weight excluding hydrogens is 661 g/mol. The molecule has 0 aliphatic heterocycles. The van der Waals surface area contributed by atoms with Crippen LogP contribution >= 0.6 is 0 Å². The Kier molecular flexibility index (Phi) is 6.36. The molecule has 0 N–H and O–H groups in total. The molecule has 0 bridgehead atoms. The highest BCUT2D eigenvalue weighted by Gasteiger charge is 2.46. The maximum Gasteiger partial charge on any atom is 0.0714 e. The van der Waals surface area contributed by atoms with Crippen molar-refractivity contribution in [1.82, 2.24) is 0 Å². The van der Waals surface area contributed by atoms with Crippen LogP contribution in [0.5, 0.6) is 0 Å². The van der Waals surface area contributed by atoms with Gasteiger partial charge in [-0.2, -0.15) is 0 Å². The van der Waals surface area contributed by atoms with Gasteiger partial charge in [-0.25, -0.2) is 0 Å². The van der Waals surface area contributed by atoms with Crippen LogP contribution in [0.3, 0.4) is 0 Å². The minimum absolute atomic E-state index is 0.480. The van der Waals surface area contributed by atoms with Crippen LogP contribution in [-0.2, 0) is 5.41 Å². The minimum Gasteiger partial charge on any atom is -0.0622 e. The van der Waals surface area contributed by atoms with Gasteiger partial charge in [0.05, 0.1) is 5.41 Å². The first-order valence-corrected chi connectivity index (χ1v) is 19.2. The monoisotopic (exact) mass is 694 g/mol. The van der Waals surface area contributed by atoms with E-state index >= 15 is 0 Å². The third kappa shape index (κ3) is 4.28. The average Bonchev–Trinajstić information content (AvgIpc) is 3.54. The van der Waals surface area contributed by atoms with E-state index in [1.54, 1.807) is 0 Å². The summed E-state index contributed by atoms with van der Waals surface area (Å²) in [6.07, 6.45) is 0. The highest BCUT2D eigenvalue weighted by atomic mass is 14.5. The smallest absolute Gasteiger partial charge is 0.0622 e.